The highest BCUT2D eigenvalue weighted by Gasteiger charge is 2.28. The molecule has 1 aromatic rings. The van der Waals surface area contributed by atoms with E-state index in [0.717, 1.165) is 64.2 Å². The summed E-state index contributed by atoms with van der Waals surface area (Å²) in [7, 11) is 1.95. The van der Waals surface area contributed by atoms with Crippen LogP contribution < -0.4 is 10.6 Å². The van der Waals surface area contributed by atoms with E-state index in [2.05, 4.69) is 34.5 Å². The number of hydrogen-bond acceptors (Lipinski definition) is 5. The molecule has 0 unspecified atom stereocenters. The normalized spacial score (nSPS) is 21.0. The van der Waals surface area contributed by atoms with Crippen LogP contribution in [0.5, 0.6) is 0 Å². The number of amides is 1. The Balaban J connectivity index is 1.57. The van der Waals surface area contributed by atoms with Crippen LogP contribution in [0.3, 0.4) is 0 Å². The molecule has 1 aliphatic heterocycles. The topological polar surface area (TPSA) is 71.4 Å². The third-order valence-electron chi connectivity index (χ3n) is 5.30. The van der Waals surface area contributed by atoms with E-state index < -0.39 is 0 Å². The van der Waals surface area contributed by atoms with E-state index in [9.17, 15) is 4.79 Å². The van der Waals surface area contributed by atoms with Gasteiger partial charge >= 0.3 is 0 Å². The molecule has 3 rings (SSSR count). The first kappa shape index (κ1) is 19.3. The smallest absolute Gasteiger partial charge is 0.272 e. The molecule has 1 saturated heterocycles. The highest BCUT2D eigenvalue weighted by Crippen LogP contribution is 2.24. The lowest BCUT2D eigenvalue weighted by Crippen LogP contribution is -2.41. The molecule has 1 aliphatic carbocycles. The number of aryl methyl sites for hydroxylation is 1. The average Bonchev–Trinajstić information content (AvgIpc) is 2.97. The lowest BCUT2D eigenvalue weighted by atomic mass is 9.91. The molecule has 146 valence electrons. The molecule has 7 nitrogen and oxygen atoms in total. The van der Waals surface area contributed by atoms with Crippen molar-refractivity contribution < 1.29 is 9.53 Å². The minimum Gasteiger partial charge on any atom is -0.379 e. The number of rotatable bonds is 7. The quantitative estimate of drug-likeness (QED) is 0.742. The van der Waals surface area contributed by atoms with Gasteiger partial charge < -0.3 is 15.4 Å². The van der Waals surface area contributed by atoms with Crippen LogP contribution in [0.2, 0.25) is 0 Å². The van der Waals surface area contributed by atoms with Gasteiger partial charge in [-0.05, 0) is 31.7 Å². The lowest BCUT2D eigenvalue weighted by Gasteiger charge is -2.26. The van der Waals surface area contributed by atoms with Gasteiger partial charge in [-0.3, -0.25) is 14.4 Å². The van der Waals surface area contributed by atoms with Gasteiger partial charge in [0.2, 0.25) is 0 Å². The fourth-order valence-electron chi connectivity index (χ4n) is 3.78. The zero-order valence-electron chi connectivity index (χ0n) is 16.4. The number of nitrogens with one attached hydrogen (secondary N) is 2. The molecule has 0 aromatic carbocycles. The Labute approximate surface area is 156 Å². The minimum atomic E-state index is -0.0420. The summed E-state index contributed by atoms with van der Waals surface area (Å²) >= 11 is 0. The zero-order chi connectivity index (χ0) is 18.5. The maximum Gasteiger partial charge on any atom is 0.272 e. The number of aromatic nitrogens is 2. The van der Waals surface area contributed by atoms with E-state index in [-0.39, 0.29) is 5.91 Å². The summed E-state index contributed by atoms with van der Waals surface area (Å²) in [5.74, 6) is 0.591. The predicted molar refractivity (Wildman–Crippen MR) is 101 cm³/mol. The Morgan fingerprint density at radius 3 is 2.85 bits per heavy atom. The van der Waals surface area contributed by atoms with Crippen molar-refractivity contribution in [2.45, 2.75) is 39.2 Å². The van der Waals surface area contributed by atoms with Gasteiger partial charge in [-0.25, -0.2) is 0 Å². The number of carbonyl (C=O) groups excluding carboxylic acids is 1. The van der Waals surface area contributed by atoms with Crippen molar-refractivity contribution in [3.05, 3.63) is 17.0 Å². The molecule has 2 N–H and O–H groups in total. The number of fused-ring (bicyclic) bond motifs is 1. The molecule has 26 heavy (non-hydrogen) atoms. The molecule has 1 fully saturated rings. The lowest BCUT2D eigenvalue weighted by molar-refractivity contribution is 0.0383. The molecule has 0 bridgehead atoms. The maximum atomic E-state index is 12.7. The molecule has 7 heteroatoms. The van der Waals surface area contributed by atoms with Crippen LogP contribution in [0.15, 0.2) is 0 Å². The summed E-state index contributed by atoms with van der Waals surface area (Å²) in [6.45, 7) is 10.4. The van der Waals surface area contributed by atoms with Crippen LogP contribution in [0.1, 0.15) is 42.0 Å². The molecule has 1 aromatic heterocycles. The molecule has 2 aliphatic rings. The molecule has 1 amide bonds. The van der Waals surface area contributed by atoms with Crippen LogP contribution in [0.4, 0.5) is 0 Å². The fourth-order valence-corrected chi connectivity index (χ4v) is 3.78. The number of carbonyl (C=O) groups is 1. The summed E-state index contributed by atoms with van der Waals surface area (Å²) < 4.78 is 7.25. The van der Waals surface area contributed by atoms with E-state index >= 15 is 0 Å². The first-order chi connectivity index (χ1) is 12.5. The van der Waals surface area contributed by atoms with Gasteiger partial charge in [0, 0.05) is 50.5 Å². The van der Waals surface area contributed by atoms with Crippen LogP contribution in [0, 0.1) is 5.92 Å². The summed E-state index contributed by atoms with van der Waals surface area (Å²) in [6, 6.07) is 0.439. The summed E-state index contributed by atoms with van der Waals surface area (Å²) in [4.78, 5) is 15.0. The molecule has 0 saturated carbocycles. The fraction of sp³-hybridized carbons (Fsp3) is 0.789. The van der Waals surface area contributed by atoms with Crippen LogP contribution >= 0.6 is 0 Å². The standard InChI is InChI=1S/C19H33N5O2/c1-14(2)13-21-15-4-5-17-16(12-15)18(22-23(17)3)19(25)20-6-7-24-8-10-26-11-9-24/h14-15,21H,4-13H2,1-3H3,(H,20,25)/t15-/m0/s1. The zero-order valence-corrected chi connectivity index (χ0v) is 16.4. The highest BCUT2D eigenvalue weighted by molar-refractivity contribution is 5.94. The van der Waals surface area contributed by atoms with Crippen molar-refractivity contribution in [3.63, 3.8) is 0 Å². The monoisotopic (exact) mass is 363 g/mol. The average molecular weight is 364 g/mol. The first-order valence-corrected chi connectivity index (χ1v) is 9.91. The van der Waals surface area contributed by atoms with Crippen molar-refractivity contribution >= 4 is 5.91 Å². The molecule has 2 heterocycles. The van der Waals surface area contributed by atoms with E-state index in [1.807, 2.05) is 11.7 Å². The van der Waals surface area contributed by atoms with Gasteiger partial charge in [-0.15, -0.1) is 0 Å². The van der Waals surface area contributed by atoms with E-state index in [1.165, 1.54) is 5.69 Å². The predicted octanol–water partition coefficient (Wildman–Crippen LogP) is 0.585. The maximum absolute atomic E-state index is 12.7. The Hall–Kier alpha value is -1.44. The molecule has 1 atom stereocenters. The van der Waals surface area contributed by atoms with Gasteiger partial charge in [0.15, 0.2) is 5.69 Å². The van der Waals surface area contributed by atoms with E-state index in [0.29, 0.717) is 24.2 Å². The number of hydrogen-bond donors (Lipinski definition) is 2. The Morgan fingerprint density at radius 2 is 2.12 bits per heavy atom. The van der Waals surface area contributed by atoms with Gasteiger partial charge in [-0.1, -0.05) is 13.8 Å². The van der Waals surface area contributed by atoms with Crippen molar-refractivity contribution in [1.29, 1.82) is 0 Å². The molecule has 0 radical (unpaired) electrons. The van der Waals surface area contributed by atoms with E-state index in [1.54, 1.807) is 0 Å². The van der Waals surface area contributed by atoms with Gasteiger partial charge in [0.25, 0.3) is 5.91 Å². The van der Waals surface area contributed by atoms with Gasteiger partial charge in [0.05, 0.1) is 13.2 Å². The largest absolute Gasteiger partial charge is 0.379 e. The van der Waals surface area contributed by atoms with E-state index in [4.69, 9.17) is 4.74 Å². The van der Waals surface area contributed by atoms with Crippen molar-refractivity contribution in [2.75, 3.05) is 45.9 Å². The minimum absolute atomic E-state index is 0.0420. The highest BCUT2D eigenvalue weighted by atomic mass is 16.5. The number of nitrogens with zero attached hydrogens (tertiary/aromatic N) is 3. The molecule has 0 spiro atoms. The second-order valence-corrected chi connectivity index (χ2v) is 7.85. The van der Waals surface area contributed by atoms with Gasteiger partial charge in [-0.2, -0.15) is 5.10 Å². The SMILES string of the molecule is CC(C)CN[C@H]1CCc2c(c(C(=O)NCCN3CCOCC3)nn2C)C1. The number of morpholine rings is 1. The van der Waals surface area contributed by atoms with Gasteiger partial charge in [0.1, 0.15) is 0 Å². The summed E-state index contributed by atoms with van der Waals surface area (Å²) in [5.41, 5.74) is 2.95. The van der Waals surface area contributed by atoms with Crippen molar-refractivity contribution in [2.24, 2.45) is 13.0 Å². The number of ether oxygens (including phenoxy) is 1. The van der Waals surface area contributed by atoms with Crippen molar-refractivity contribution in [3.8, 4) is 0 Å². The first-order valence-electron chi connectivity index (χ1n) is 9.91. The van der Waals surface area contributed by atoms with Crippen LogP contribution in [0.25, 0.3) is 0 Å². The third-order valence-corrected chi connectivity index (χ3v) is 5.30. The van der Waals surface area contributed by atoms with Crippen molar-refractivity contribution in [1.82, 2.24) is 25.3 Å². The Kier molecular flexibility index (Phi) is 6.67. The Morgan fingerprint density at radius 1 is 1.35 bits per heavy atom. The third kappa shape index (κ3) is 4.84. The molecular formula is C19H33N5O2. The summed E-state index contributed by atoms with van der Waals surface area (Å²) in [5, 5.41) is 11.2. The second-order valence-electron chi connectivity index (χ2n) is 7.85. The molecular weight excluding hydrogens is 330 g/mol. The van der Waals surface area contributed by atoms with Crippen LogP contribution in [-0.2, 0) is 24.6 Å². The Bertz CT molecular complexity index is 607. The second kappa shape index (κ2) is 8.97. The summed E-state index contributed by atoms with van der Waals surface area (Å²) in [6.07, 6.45) is 2.98. The van der Waals surface area contributed by atoms with Crippen LogP contribution in [-0.4, -0.2) is 72.6 Å².